The van der Waals surface area contributed by atoms with E-state index < -0.39 is 69.8 Å². The van der Waals surface area contributed by atoms with Crippen molar-refractivity contribution in [2.24, 2.45) is 0 Å². The van der Waals surface area contributed by atoms with Crippen molar-refractivity contribution in [2.75, 3.05) is 0 Å². The molecule has 14 heteroatoms. The van der Waals surface area contributed by atoms with Gasteiger partial charge >= 0.3 is 175 Å². The van der Waals surface area contributed by atoms with E-state index in [2.05, 4.69) is 9.05 Å². The number of aliphatic hydroxyl groups excluding tert-OH is 4. The Bertz CT molecular complexity index is 446. The minimum absolute atomic E-state index is 0. The molecule has 1 heterocycles. The maximum Gasteiger partial charge on any atom is 1.00 e. The molecule has 0 bridgehead atoms. The van der Waals surface area contributed by atoms with Gasteiger partial charge in [0.05, 0.1) is 0 Å². The first kappa shape index (κ1) is 22.2. The molecule has 0 radical (unpaired) electrons. The normalized spacial score (nSPS) is 24.9. The molecule has 0 aromatic carbocycles. The number of carbonyl (C=O) groups is 4. The van der Waals surface area contributed by atoms with Crippen molar-refractivity contribution in [3.05, 3.63) is 0 Å². The summed E-state index contributed by atoms with van der Waals surface area (Å²) in [6.07, 6.45) is -9.68. The van der Waals surface area contributed by atoms with Gasteiger partial charge in [-0.1, -0.05) is 0 Å². The van der Waals surface area contributed by atoms with E-state index in [9.17, 15) is 24.3 Å². The second-order valence-corrected chi connectivity index (χ2v) is 6.39. The molecule has 0 aliphatic carbocycles. The SMILES string of the molecule is O=C([O-])[C@@H](O)[C@H](O)C(=O)[O][Sb]1[O]C(=O)[C@@H](O)[C@H](O)C(=O)[O]1.[K+]. The molecular formula is C8H8KO12Sb. The Morgan fingerprint density at radius 1 is 1.09 bits per heavy atom. The maximum atomic E-state index is 11.3. The Labute approximate surface area is 173 Å². The monoisotopic (exact) mass is 456 g/mol. The Morgan fingerprint density at radius 3 is 1.86 bits per heavy atom. The number of aliphatic carboxylic acids is 1. The molecule has 0 saturated carbocycles. The van der Waals surface area contributed by atoms with E-state index >= 15 is 0 Å². The largest absolute Gasteiger partial charge is 1.00 e. The second kappa shape index (κ2) is 9.47. The zero-order chi connectivity index (χ0) is 16.3. The number of hydrogen-bond acceptors (Lipinski definition) is 12. The third-order valence-electron chi connectivity index (χ3n) is 2.06. The van der Waals surface area contributed by atoms with Crippen molar-refractivity contribution in [1.29, 1.82) is 0 Å². The number of carboxylic acid groups (broad SMARTS) is 1. The van der Waals surface area contributed by atoms with Crippen LogP contribution in [-0.2, 0) is 28.2 Å². The molecule has 12 nitrogen and oxygen atoms in total. The van der Waals surface area contributed by atoms with Crippen molar-refractivity contribution in [2.45, 2.75) is 24.4 Å². The van der Waals surface area contributed by atoms with Gasteiger partial charge in [-0.15, -0.1) is 0 Å². The van der Waals surface area contributed by atoms with Gasteiger partial charge in [0.15, 0.2) is 0 Å². The molecule has 0 aromatic rings. The van der Waals surface area contributed by atoms with Crippen molar-refractivity contribution >= 4 is 45.3 Å². The van der Waals surface area contributed by atoms with Gasteiger partial charge in [0.1, 0.15) is 0 Å². The summed E-state index contributed by atoms with van der Waals surface area (Å²) in [7, 11) is 0. The maximum absolute atomic E-state index is 11.3. The van der Waals surface area contributed by atoms with Gasteiger partial charge < -0.3 is 0 Å². The molecule has 0 amide bonds. The summed E-state index contributed by atoms with van der Waals surface area (Å²) in [4.78, 5) is 43.8. The number of aliphatic hydroxyl groups is 4. The Hall–Kier alpha value is 0.175. The predicted octanol–water partition coefficient (Wildman–Crippen LogP) is -9.19. The Balaban J connectivity index is 0.00000441. The summed E-state index contributed by atoms with van der Waals surface area (Å²) >= 11 is -4.39. The van der Waals surface area contributed by atoms with E-state index in [1.54, 1.807) is 0 Å². The van der Waals surface area contributed by atoms with Crippen molar-refractivity contribution in [1.82, 2.24) is 0 Å². The summed E-state index contributed by atoms with van der Waals surface area (Å²) in [5.41, 5.74) is 0. The molecule has 1 fully saturated rings. The molecule has 1 rings (SSSR count). The number of rotatable bonds is 4. The van der Waals surface area contributed by atoms with E-state index in [4.69, 9.17) is 20.4 Å². The van der Waals surface area contributed by atoms with E-state index in [1.165, 1.54) is 0 Å². The topological polar surface area (TPSA) is 200 Å². The van der Waals surface area contributed by atoms with Crippen LogP contribution in [0.2, 0.25) is 0 Å². The molecule has 0 unspecified atom stereocenters. The van der Waals surface area contributed by atoms with Crippen LogP contribution in [0.3, 0.4) is 0 Å². The molecule has 4 atom stereocenters. The molecule has 4 N–H and O–H groups in total. The average molecular weight is 457 g/mol. The van der Waals surface area contributed by atoms with Gasteiger partial charge in [-0.2, -0.15) is 0 Å². The van der Waals surface area contributed by atoms with Crippen LogP contribution >= 0.6 is 0 Å². The van der Waals surface area contributed by atoms with Gasteiger partial charge in [0, 0.05) is 0 Å². The average Bonchev–Trinajstić information content (AvgIpc) is 2.50. The van der Waals surface area contributed by atoms with E-state index in [0.29, 0.717) is 0 Å². The van der Waals surface area contributed by atoms with Gasteiger partial charge in [-0.25, -0.2) is 0 Å². The van der Waals surface area contributed by atoms with Crippen molar-refractivity contribution in [3.8, 4) is 0 Å². The van der Waals surface area contributed by atoms with Crippen LogP contribution in [0.4, 0.5) is 0 Å². The van der Waals surface area contributed by atoms with Crippen LogP contribution in [0.15, 0.2) is 0 Å². The fourth-order valence-electron chi connectivity index (χ4n) is 0.954. The molecule has 22 heavy (non-hydrogen) atoms. The predicted molar refractivity (Wildman–Crippen MR) is 53.1 cm³/mol. The third-order valence-corrected chi connectivity index (χ3v) is 4.87. The molecule has 0 aromatic heterocycles. The number of carbonyl (C=O) groups excluding carboxylic acids is 4. The summed E-state index contributed by atoms with van der Waals surface area (Å²) in [5.74, 6) is -6.92. The number of carboxylic acids is 1. The zero-order valence-electron chi connectivity index (χ0n) is 10.8. The Morgan fingerprint density at radius 2 is 1.50 bits per heavy atom. The smallest absolute Gasteiger partial charge is 1.00 e. The molecular weight excluding hydrogens is 449 g/mol. The first-order chi connectivity index (χ1) is 9.65. The quantitative estimate of drug-likeness (QED) is 0.291. The molecule has 1 aliphatic heterocycles. The fraction of sp³-hybridized carbons (Fsp3) is 0.500. The molecule has 0 spiro atoms. The second-order valence-electron chi connectivity index (χ2n) is 3.55. The zero-order valence-corrected chi connectivity index (χ0v) is 16.5. The summed E-state index contributed by atoms with van der Waals surface area (Å²) < 4.78 is 12.9. The van der Waals surface area contributed by atoms with Crippen molar-refractivity contribution < 1.29 is 105 Å². The van der Waals surface area contributed by atoms with Gasteiger partial charge in [-0.05, 0) is 0 Å². The van der Waals surface area contributed by atoms with E-state index in [0.717, 1.165) is 0 Å². The third kappa shape index (κ3) is 5.67. The summed E-state index contributed by atoms with van der Waals surface area (Å²) in [5, 5.41) is 46.4. The van der Waals surface area contributed by atoms with E-state index in [-0.39, 0.29) is 51.4 Å². The van der Waals surface area contributed by atoms with Gasteiger partial charge in [0.2, 0.25) is 0 Å². The van der Waals surface area contributed by atoms with Gasteiger partial charge in [0.25, 0.3) is 0 Å². The molecule has 1 saturated heterocycles. The van der Waals surface area contributed by atoms with Crippen molar-refractivity contribution in [3.63, 3.8) is 0 Å². The standard InChI is InChI=1S/2C4H6O6.K.Sb/c2*5-1(3(7)8)2(6)4(9)10;;/h2*1-2,5-6H,(H,7,8)(H,9,10);;/q;;+1;+3/p-4/t2*1-,2-;;/m00../s1. The van der Waals surface area contributed by atoms with Crippen LogP contribution in [-0.4, -0.2) is 90.2 Å². The number of hydrogen-bond donors (Lipinski definition) is 4. The van der Waals surface area contributed by atoms with Crippen LogP contribution in [0.1, 0.15) is 0 Å². The first-order valence-electron chi connectivity index (χ1n) is 5.03. The van der Waals surface area contributed by atoms with E-state index in [1.807, 2.05) is 0 Å². The minimum Gasteiger partial charge on any atom is 1.00 e. The van der Waals surface area contributed by atoms with Crippen LogP contribution in [0.5, 0.6) is 0 Å². The molecule has 118 valence electrons. The van der Waals surface area contributed by atoms with Crippen LogP contribution in [0, 0.1) is 0 Å². The molecule has 1 aliphatic rings. The Kier molecular flexibility index (Phi) is 9.54. The van der Waals surface area contributed by atoms with Crippen LogP contribution in [0.25, 0.3) is 0 Å². The minimum atomic E-state index is -4.39. The summed E-state index contributed by atoms with van der Waals surface area (Å²) in [6, 6.07) is 0. The van der Waals surface area contributed by atoms with Crippen LogP contribution < -0.4 is 56.5 Å². The fourth-order valence-corrected chi connectivity index (χ4v) is 3.46. The first-order valence-corrected chi connectivity index (χ1v) is 8.16. The summed E-state index contributed by atoms with van der Waals surface area (Å²) in [6.45, 7) is 0. The van der Waals surface area contributed by atoms with Gasteiger partial charge in [-0.3, -0.25) is 0 Å².